The Morgan fingerprint density at radius 3 is 2.45 bits per heavy atom. The van der Waals surface area contributed by atoms with Crippen LogP contribution < -0.4 is 4.72 Å². The number of hydrogen-bond donors (Lipinski definition) is 1. The Balaban J connectivity index is 1.91. The largest absolute Gasteiger partial charge is 0.264 e. The lowest BCUT2D eigenvalue weighted by atomic mass is 10.2. The van der Waals surface area contributed by atoms with Crippen molar-refractivity contribution in [3.8, 4) is 0 Å². The molecule has 31 heavy (non-hydrogen) atoms. The van der Waals surface area contributed by atoms with Crippen LogP contribution in [-0.4, -0.2) is 28.4 Å². The van der Waals surface area contributed by atoms with Crippen molar-refractivity contribution in [2.75, 3.05) is 6.54 Å². The zero-order chi connectivity index (χ0) is 22.6. The molecule has 0 aliphatic carbocycles. The van der Waals surface area contributed by atoms with Gasteiger partial charge in [-0.3, -0.25) is 4.98 Å². The number of sulfonamides is 1. The number of nitrogens with one attached hydrogen (secondary N) is 1. The molecule has 2 aromatic carbocycles. The zero-order valence-corrected chi connectivity index (χ0v) is 18.9. The van der Waals surface area contributed by atoms with E-state index in [-0.39, 0.29) is 10.5 Å². The normalized spacial score (nSPS) is 13.1. The van der Waals surface area contributed by atoms with Crippen molar-refractivity contribution in [2.45, 2.75) is 22.8 Å². The van der Waals surface area contributed by atoms with Crippen LogP contribution in [0.1, 0.15) is 21.9 Å². The summed E-state index contributed by atoms with van der Waals surface area (Å²) in [6.07, 6.45) is 2.84. The molecular weight excluding hydrogens is 463 g/mol. The molecule has 6 nitrogen and oxygen atoms in total. The fraction of sp³-hybridized carbons (Fsp3) is 0.190. The standard InChI is InChI=1S/C21H20ClFN2O4S2/c1-15-11-18(8-9-20(15)23)31(28,29)21(16-6-4-10-24-12-16)13-25-30(26,27)14-17-5-2-3-7-19(17)22/h2-12,21,25H,13-14H2,1H3. The van der Waals surface area contributed by atoms with Gasteiger partial charge in [-0.1, -0.05) is 35.9 Å². The van der Waals surface area contributed by atoms with Gasteiger partial charge in [-0.25, -0.2) is 25.9 Å². The lowest BCUT2D eigenvalue weighted by Crippen LogP contribution is -2.33. The van der Waals surface area contributed by atoms with E-state index in [0.717, 1.165) is 6.07 Å². The lowest BCUT2D eigenvalue weighted by molar-refractivity contribution is 0.567. The Hall–Kier alpha value is -2.33. The molecule has 10 heteroatoms. The van der Waals surface area contributed by atoms with E-state index in [4.69, 9.17) is 11.6 Å². The van der Waals surface area contributed by atoms with E-state index in [1.165, 1.54) is 31.5 Å². The maximum absolute atomic E-state index is 13.6. The summed E-state index contributed by atoms with van der Waals surface area (Å²) in [5.74, 6) is -0.931. The maximum atomic E-state index is 13.6. The average Bonchev–Trinajstić information content (AvgIpc) is 2.72. The topological polar surface area (TPSA) is 93.2 Å². The molecule has 0 aliphatic heterocycles. The number of rotatable bonds is 8. The second-order valence-electron chi connectivity index (χ2n) is 6.93. The summed E-state index contributed by atoms with van der Waals surface area (Å²) in [6.45, 7) is 1.04. The van der Waals surface area contributed by atoms with Crippen LogP contribution in [0.3, 0.4) is 0 Å². The fourth-order valence-electron chi connectivity index (χ4n) is 3.01. The predicted octanol–water partition coefficient (Wildman–Crippen LogP) is 3.82. The SMILES string of the molecule is Cc1cc(S(=O)(=O)C(CNS(=O)(=O)Cc2ccccc2Cl)c2cccnc2)ccc1F. The van der Waals surface area contributed by atoms with Gasteiger partial charge in [-0.15, -0.1) is 0 Å². The first-order valence-corrected chi connectivity index (χ1v) is 12.8. The smallest absolute Gasteiger partial charge is 0.215 e. The molecule has 1 aromatic heterocycles. The third-order valence-electron chi connectivity index (χ3n) is 4.68. The van der Waals surface area contributed by atoms with Crippen molar-refractivity contribution in [1.29, 1.82) is 0 Å². The van der Waals surface area contributed by atoms with Crippen LogP contribution >= 0.6 is 11.6 Å². The summed E-state index contributed by atoms with van der Waals surface area (Å²) in [5, 5.41) is -0.960. The van der Waals surface area contributed by atoms with Crippen LogP contribution in [0, 0.1) is 12.7 Å². The van der Waals surface area contributed by atoms with Crippen molar-refractivity contribution in [3.05, 3.63) is 94.5 Å². The van der Waals surface area contributed by atoms with Gasteiger partial charge in [0.15, 0.2) is 9.84 Å². The van der Waals surface area contributed by atoms with Gasteiger partial charge >= 0.3 is 0 Å². The Bertz CT molecular complexity index is 1280. The Morgan fingerprint density at radius 1 is 1.06 bits per heavy atom. The zero-order valence-electron chi connectivity index (χ0n) is 16.5. The molecule has 1 heterocycles. The molecule has 1 unspecified atom stereocenters. The number of pyridine rings is 1. The number of hydrogen-bond acceptors (Lipinski definition) is 5. The first kappa shape index (κ1) is 23.3. The van der Waals surface area contributed by atoms with Crippen LogP contribution in [0.15, 0.2) is 71.9 Å². The van der Waals surface area contributed by atoms with Gasteiger partial charge in [0.1, 0.15) is 11.1 Å². The molecule has 0 bridgehead atoms. The summed E-state index contributed by atoms with van der Waals surface area (Å²) in [4.78, 5) is 3.84. The predicted molar refractivity (Wildman–Crippen MR) is 117 cm³/mol. The number of aryl methyl sites for hydroxylation is 1. The minimum Gasteiger partial charge on any atom is -0.264 e. The monoisotopic (exact) mass is 482 g/mol. The average molecular weight is 483 g/mol. The van der Waals surface area contributed by atoms with Crippen LogP contribution in [0.5, 0.6) is 0 Å². The molecule has 3 aromatic rings. The van der Waals surface area contributed by atoms with Crippen LogP contribution in [0.4, 0.5) is 4.39 Å². The molecule has 1 atom stereocenters. The number of sulfone groups is 1. The molecule has 0 radical (unpaired) electrons. The van der Waals surface area contributed by atoms with Gasteiger partial charge < -0.3 is 0 Å². The minimum absolute atomic E-state index is 0.106. The van der Waals surface area contributed by atoms with E-state index in [0.29, 0.717) is 16.1 Å². The van der Waals surface area contributed by atoms with Crippen LogP contribution in [0.25, 0.3) is 0 Å². The highest BCUT2D eigenvalue weighted by atomic mass is 35.5. The van der Waals surface area contributed by atoms with Gasteiger partial charge in [0.25, 0.3) is 0 Å². The van der Waals surface area contributed by atoms with Crippen molar-refractivity contribution in [1.82, 2.24) is 9.71 Å². The van der Waals surface area contributed by atoms with Crippen molar-refractivity contribution >= 4 is 31.5 Å². The van der Waals surface area contributed by atoms with E-state index in [1.807, 2.05) is 0 Å². The highest BCUT2D eigenvalue weighted by Crippen LogP contribution is 2.29. The fourth-order valence-corrected chi connectivity index (χ4v) is 6.30. The van der Waals surface area contributed by atoms with Gasteiger partial charge in [-0.2, -0.15) is 0 Å². The molecule has 3 rings (SSSR count). The van der Waals surface area contributed by atoms with E-state index in [1.54, 1.807) is 36.4 Å². The van der Waals surface area contributed by atoms with E-state index >= 15 is 0 Å². The van der Waals surface area contributed by atoms with Crippen molar-refractivity contribution in [3.63, 3.8) is 0 Å². The lowest BCUT2D eigenvalue weighted by Gasteiger charge is -2.19. The molecule has 1 N–H and O–H groups in total. The first-order valence-electron chi connectivity index (χ1n) is 9.21. The van der Waals surface area contributed by atoms with Gasteiger partial charge in [0.2, 0.25) is 10.0 Å². The highest BCUT2D eigenvalue weighted by molar-refractivity contribution is 7.92. The summed E-state index contributed by atoms with van der Waals surface area (Å²) in [7, 11) is -7.95. The number of aromatic nitrogens is 1. The third kappa shape index (κ3) is 5.68. The quantitative estimate of drug-likeness (QED) is 0.493. The molecule has 0 aliphatic rings. The molecule has 0 amide bonds. The van der Waals surface area contributed by atoms with Crippen molar-refractivity contribution < 1.29 is 21.2 Å². The molecule has 0 saturated carbocycles. The second-order valence-corrected chi connectivity index (χ2v) is 11.3. The number of halogens is 2. The summed E-state index contributed by atoms with van der Waals surface area (Å²) in [5.41, 5.74) is 0.877. The number of benzene rings is 2. The van der Waals surface area contributed by atoms with Gasteiger partial charge in [-0.05, 0) is 53.9 Å². The molecular formula is C21H20ClFN2O4S2. The Labute approximate surface area is 186 Å². The summed E-state index contributed by atoms with van der Waals surface area (Å²) >= 11 is 6.04. The Morgan fingerprint density at radius 2 is 1.81 bits per heavy atom. The van der Waals surface area contributed by atoms with Gasteiger partial charge in [0.05, 0.1) is 10.6 Å². The highest BCUT2D eigenvalue weighted by Gasteiger charge is 2.31. The summed E-state index contributed by atoms with van der Waals surface area (Å²) in [6, 6.07) is 13.1. The third-order valence-corrected chi connectivity index (χ3v) is 8.45. The Kier molecular flexibility index (Phi) is 7.10. The van der Waals surface area contributed by atoms with Crippen molar-refractivity contribution in [2.24, 2.45) is 0 Å². The molecule has 0 saturated heterocycles. The molecule has 0 fully saturated rings. The van der Waals surface area contributed by atoms with Crippen LogP contribution in [0.2, 0.25) is 5.02 Å². The van der Waals surface area contributed by atoms with E-state index in [2.05, 4.69) is 9.71 Å². The minimum atomic E-state index is -4.06. The second kappa shape index (κ2) is 9.44. The van der Waals surface area contributed by atoms with Gasteiger partial charge in [0, 0.05) is 24.0 Å². The van der Waals surface area contributed by atoms with Crippen LogP contribution in [-0.2, 0) is 25.6 Å². The van der Waals surface area contributed by atoms with E-state index < -0.39 is 43.2 Å². The first-order chi connectivity index (χ1) is 14.6. The number of nitrogens with zero attached hydrogens (tertiary/aromatic N) is 1. The summed E-state index contributed by atoms with van der Waals surface area (Å²) < 4.78 is 67.9. The van der Waals surface area contributed by atoms with E-state index in [9.17, 15) is 21.2 Å². The maximum Gasteiger partial charge on any atom is 0.215 e. The molecule has 164 valence electrons. The molecule has 0 spiro atoms.